The predicted octanol–water partition coefficient (Wildman–Crippen LogP) is 1.39. The van der Waals surface area contributed by atoms with Gasteiger partial charge in [-0.2, -0.15) is 5.10 Å². The Labute approximate surface area is 123 Å². The lowest BCUT2D eigenvalue weighted by Crippen LogP contribution is -2.15. The standard InChI is InChI=1S/C13H18N4O3S/c1-9(2)17-13(15-8-16-17)7-20-11-5-4-10(3)6-12(11)21(14,18)19/h4-6,8-9H,7H2,1-3H3,(H2,14,18,19). The van der Waals surface area contributed by atoms with Crippen molar-refractivity contribution in [1.82, 2.24) is 14.8 Å². The summed E-state index contributed by atoms with van der Waals surface area (Å²) in [5.41, 5.74) is 0.789. The highest BCUT2D eigenvalue weighted by Gasteiger charge is 2.16. The van der Waals surface area contributed by atoms with Crippen LogP contribution < -0.4 is 9.88 Å². The summed E-state index contributed by atoms with van der Waals surface area (Å²) in [5.74, 6) is 0.826. The number of rotatable bonds is 5. The highest BCUT2D eigenvalue weighted by Crippen LogP contribution is 2.24. The molecule has 0 saturated heterocycles. The Morgan fingerprint density at radius 1 is 1.38 bits per heavy atom. The molecule has 114 valence electrons. The van der Waals surface area contributed by atoms with Crippen molar-refractivity contribution < 1.29 is 13.2 Å². The first-order valence-electron chi connectivity index (χ1n) is 6.43. The summed E-state index contributed by atoms with van der Waals surface area (Å²) in [6, 6.07) is 4.97. The molecule has 8 heteroatoms. The van der Waals surface area contributed by atoms with Crippen molar-refractivity contribution in [2.24, 2.45) is 5.14 Å². The van der Waals surface area contributed by atoms with Crippen molar-refractivity contribution in [1.29, 1.82) is 0 Å². The number of nitrogens with zero attached hydrogens (tertiary/aromatic N) is 3. The van der Waals surface area contributed by atoms with E-state index in [-0.39, 0.29) is 23.3 Å². The minimum absolute atomic E-state index is 0.0295. The van der Waals surface area contributed by atoms with Gasteiger partial charge in [-0.15, -0.1) is 0 Å². The van der Waals surface area contributed by atoms with Crippen LogP contribution in [0.15, 0.2) is 29.4 Å². The van der Waals surface area contributed by atoms with Crippen LogP contribution in [-0.4, -0.2) is 23.2 Å². The predicted molar refractivity (Wildman–Crippen MR) is 77.3 cm³/mol. The number of aryl methyl sites for hydroxylation is 1. The van der Waals surface area contributed by atoms with Gasteiger partial charge < -0.3 is 4.74 Å². The van der Waals surface area contributed by atoms with E-state index in [1.165, 1.54) is 12.4 Å². The van der Waals surface area contributed by atoms with Crippen molar-refractivity contribution in [2.75, 3.05) is 0 Å². The van der Waals surface area contributed by atoms with E-state index in [1.54, 1.807) is 23.7 Å². The van der Waals surface area contributed by atoms with Crippen LogP contribution in [0, 0.1) is 6.92 Å². The molecular formula is C13H18N4O3S. The van der Waals surface area contributed by atoms with Gasteiger partial charge in [0.25, 0.3) is 0 Å². The molecule has 0 bridgehead atoms. The van der Waals surface area contributed by atoms with Crippen LogP contribution in [0.25, 0.3) is 0 Å². The summed E-state index contributed by atoms with van der Waals surface area (Å²) in [6.45, 7) is 5.84. The topological polar surface area (TPSA) is 100 Å². The summed E-state index contributed by atoms with van der Waals surface area (Å²) in [6.07, 6.45) is 1.44. The molecule has 1 heterocycles. The molecule has 1 aromatic carbocycles. The molecule has 0 fully saturated rings. The maximum absolute atomic E-state index is 11.6. The van der Waals surface area contributed by atoms with Gasteiger partial charge in [-0.3, -0.25) is 0 Å². The van der Waals surface area contributed by atoms with Gasteiger partial charge in [0.05, 0.1) is 0 Å². The van der Waals surface area contributed by atoms with Crippen LogP contribution >= 0.6 is 0 Å². The Balaban J connectivity index is 2.27. The minimum Gasteiger partial charge on any atom is -0.484 e. The summed E-state index contributed by atoms with van der Waals surface area (Å²) in [5, 5.41) is 9.31. The van der Waals surface area contributed by atoms with E-state index in [2.05, 4.69) is 10.1 Å². The third-order valence-corrected chi connectivity index (χ3v) is 3.83. The molecule has 0 aliphatic heterocycles. The third-order valence-electron chi connectivity index (χ3n) is 2.90. The van der Waals surface area contributed by atoms with E-state index < -0.39 is 10.0 Å². The smallest absolute Gasteiger partial charge is 0.241 e. The Kier molecular flexibility index (Phi) is 4.29. The van der Waals surface area contributed by atoms with Crippen LogP contribution in [0.3, 0.4) is 0 Å². The van der Waals surface area contributed by atoms with Crippen LogP contribution in [0.5, 0.6) is 5.75 Å². The number of nitrogens with two attached hydrogens (primary N) is 1. The van der Waals surface area contributed by atoms with Gasteiger partial charge in [-0.05, 0) is 38.5 Å². The van der Waals surface area contributed by atoms with E-state index in [0.717, 1.165) is 5.56 Å². The molecule has 0 unspecified atom stereocenters. The van der Waals surface area contributed by atoms with Crippen LogP contribution in [0.1, 0.15) is 31.3 Å². The van der Waals surface area contributed by atoms with Crippen molar-refractivity contribution in [3.8, 4) is 5.75 Å². The molecule has 21 heavy (non-hydrogen) atoms. The SMILES string of the molecule is Cc1ccc(OCc2ncnn2C(C)C)c(S(N)(=O)=O)c1. The first-order chi connectivity index (χ1) is 9.79. The number of aromatic nitrogens is 3. The molecule has 0 aliphatic rings. The van der Waals surface area contributed by atoms with Gasteiger partial charge in [0.2, 0.25) is 10.0 Å². The fraction of sp³-hybridized carbons (Fsp3) is 0.385. The summed E-state index contributed by atoms with van der Waals surface area (Å²) in [4.78, 5) is 4.08. The zero-order valence-electron chi connectivity index (χ0n) is 12.1. The average Bonchev–Trinajstić information content (AvgIpc) is 2.84. The van der Waals surface area contributed by atoms with Crippen LogP contribution in [0.2, 0.25) is 0 Å². The minimum atomic E-state index is -3.84. The lowest BCUT2D eigenvalue weighted by molar-refractivity contribution is 0.275. The van der Waals surface area contributed by atoms with Crippen molar-refractivity contribution in [3.05, 3.63) is 35.9 Å². The molecule has 2 aromatic rings. The van der Waals surface area contributed by atoms with Crippen molar-refractivity contribution in [2.45, 2.75) is 38.3 Å². The Morgan fingerprint density at radius 3 is 2.71 bits per heavy atom. The van der Waals surface area contributed by atoms with Crippen molar-refractivity contribution >= 4 is 10.0 Å². The number of ether oxygens (including phenoxy) is 1. The van der Waals surface area contributed by atoms with Gasteiger partial charge in [0.15, 0.2) is 5.82 Å². The number of hydrogen-bond acceptors (Lipinski definition) is 5. The summed E-state index contributed by atoms with van der Waals surface area (Å²) in [7, 11) is -3.84. The molecule has 2 N–H and O–H groups in total. The molecule has 0 atom stereocenters. The van der Waals surface area contributed by atoms with Gasteiger partial charge in [0, 0.05) is 6.04 Å². The Hall–Kier alpha value is -1.93. The lowest BCUT2D eigenvalue weighted by atomic mass is 10.2. The molecule has 0 spiro atoms. The summed E-state index contributed by atoms with van der Waals surface area (Å²) >= 11 is 0. The molecule has 2 rings (SSSR count). The maximum atomic E-state index is 11.6. The second-order valence-corrected chi connectivity index (χ2v) is 6.53. The first kappa shape index (κ1) is 15.5. The van der Waals surface area contributed by atoms with Gasteiger partial charge in [-0.25, -0.2) is 23.2 Å². The second-order valence-electron chi connectivity index (χ2n) is 5.00. The lowest BCUT2D eigenvalue weighted by Gasteiger charge is -2.12. The third kappa shape index (κ3) is 3.59. The molecule has 0 radical (unpaired) electrons. The molecule has 1 aromatic heterocycles. The van der Waals surface area contributed by atoms with Crippen LogP contribution in [0.4, 0.5) is 0 Å². The molecule has 0 amide bonds. The fourth-order valence-electron chi connectivity index (χ4n) is 1.91. The molecular weight excluding hydrogens is 292 g/mol. The normalized spacial score (nSPS) is 11.9. The number of sulfonamides is 1. The van der Waals surface area contributed by atoms with Gasteiger partial charge in [-0.1, -0.05) is 6.07 Å². The van der Waals surface area contributed by atoms with E-state index in [4.69, 9.17) is 9.88 Å². The van der Waals surface area contributed by atoms with Gasteiger partial charge >= 0.3 is 0 Å². The molecule has 0 saturated carbocycles. The van der Waals surface area contributed by atoms with Gasteiger partial charge in [0.1, 0.15) is 23.6 Å². The highest BCUT2D eigenvalue weighted by atomic mass is 32.2. The van der Waals surface area contributed by atoms with Crippen LogP contribution in [-0.2, 0) is 16.6 Å². The number of hydrogen-bond donors (Lipinski definition) is 1. The fourth-order valence-corrected chi connectivity index (χ4v) is 2.67. The molecule has 7 nitrogen and oxygen atoms in total. The monoisotopic (exact) mass is 310 g/mol. The molecule has 0 aliphatic carbocycles. The Morgan fingerprint density at radius 2 is 2.10 bits per heavy atom. The van der Waals surface area contributed by atoms with E-state index in [9.17, 15) is 8.42 Å². The highest BCUT2D eigenvalue weighted by molar-refractivity contribution is 7.89. The maximum Gasteiger partial charge on any atom is 0.241 e. The average molecular weight is 310 g/mol. The van der Waals surface area contributed by atoms with E-state index in [0.29, 0.717) is 5.82 Å². The zero-order valence-corrected chi connectivity index (χ0v) is 13.0. The number of primary sulfonamides is 1. The number of benzene rings is 1. The summed E-state index contributed by atoms with van der Waals surface area (Å²) < 4.78 is 30.5. The quantitative estimate of drug-likeness (QED) is 0.899. The van der Waals surface area contributed by atoms with E-state index in [1.807, 2.05) is 13.8 Å². The zero-order chi connectivity index (χ0) is 15.6. The Bertz CT molecular complexity index is 738. The largest absolute Gasteiger partial charge is 0.484 e. The first-order valence-corrected chi connectivity index (χ1v) is 7.98. The second kappa shape index (κ2) is 5.82. The van der Waals surface area contributed by atoms with E-state index >= 15 is 0 Å². The van der Waals surface area contributed by atoms with Crippen molar-refractivity contribution in [3.63, 3.8) is 0 Å².